The summed E-state index contributed by atoms with van der Waals surface area (Å²) >= 11 is 0. The quantitative estimate of drug-likeness (QED) is 0.312. The highest BCUT2D eigenvalue weighted by Crippen LogP contribution is 2.31. The summed E-state index contributed by atoms with van der Waals surface area (Å²) in [6, 6.07) is 29.1. The molecule has 0 saturated carbocycles. The van der Waals surface area contributed by atoms with E-state index in [0.29, 0.717) is 0 Å². The van der Waals surface area contributed by atoms with Gasteiger partial charge in [0, 0.05) is 13.8 Å². The van der Waals surface area contributed by atoms with E-state index in [1.165, 1.54) is 13.8 Å². The van der Waals surface area contributed by atoms with Crippen molar-refractivity contribution in [1.29, 1.82) is 0 Å². The average Bonchev–Trinajstić information content (AvgIpc) is 2.95. The molecule has 0 aliphatic carbocycles. The number of carbonyl (C=O) groups is 2. The van der Waals surface area contributed by atoms with Gasteiger partial charge >= 0.3 is 11.9 Å². The Labute approximate surface area is 228 Å². The molecule has 0 N–H and O–H groups in total. The molecule has 1 fully saturated rings. The molecule has 206 valence electrons. The summed E-state index contributed by atoms with van der Waals surface area (Å²) in [6.07, 6.45) is -4.15. The Balaban J connectivity index is 1.64. The molecule has 3 aromatic rings. The molecule has 1 saturated heterocycles. The van der Waals surface area contributed by atoms with Crippen molar-refractivity contribution in [2.75, 3.05) is 6.61 Å². The van der Waals surface area contributed by atoms with Crippen molar-refractivity contribution in [3.63, 3.8) is 0 Å². The zero-order valence-electron chi connectivity index (χ0n) is 22.1. The van der Waals surface area contributed by atoms with Crippen LogP contribution in [-0.4, -0.2) is 49.3 Å². The van der Waals surface area contributed by atoms with Crippen LogP contribution in [-0.2, 0) is 57.8 Å². The van der Waals surface area contributed by atoms with Crippen molar-refractivity contribution < 1.29 is 38.0 Å². The molecule has 1 aliphatic heterocycles. The molecule has 4 rings (SSSR count). The highest BCUT2D eigenvalue weighted by atomic mass is 16.7. The Bertz CT molecular complexity index is 1150. The molecule has 1 aliphatic rings. The second-order valence-corrected chi connectivity index (χ2v) is 9.24. The summed E-state index contributed by atoms with van der Waals surface area (Å²) in [4.78, 5) is 23.8. The third-order valence-corrected chi connectivity index (χ3v) is 6.18. The zero-order valence-corrected chi connectivity index (χ0v) is 22.1. The van der Waals surface area contributed by atoms with E-state index < -0.39 is 42.6 Å². The van der Waals surface area contributed by atoms with Crippen molar-refractivity contribution in [3.8, 4) is 0 Å². The molecule has 39 heavy (non-hydrogen) atoms. The molecule has 0 aromatic heterocycles. The summed E-state index contributed by atoms with van der Waals surface area (Å²) < 4.78 is 36.2. The molecule has 0 unspecified atom stereocenters. The van der Waals surface area contributed by atoms with Crippen LogP contribution >= 0.6 is 0 Å². The van der Waals surface area contributed by atoms with Crippen LogP contribution in [0.15, 0.2) is 91.0 Å². The van der Waals surface area contributed by atoms with Gasteiger partial charge in [0.15, 0.2) is 0 Å². The van der Waals surface area contributed by atoms with Crippen LogP contribution in [0, 0.1) is 0 Å². The second kappa shape index (κ2) is 14.6. The number of ether oxygens (including phenoxy) is 6. The summed E-state index contributed by atoms with van der Waals surface area (Å²) in [6.45, 7) is 3.27. The highest BCUT2D eigenvalue weighted by molar-refractivity contribution is 5.66. The maximum Gasteiger partial charge on any atom is 0.305 e. The van der Waals surface area contributed by atoms with Gasteiger partial charge in [0.25, 0.3) is 0 Å². The average molecular weight is 535 g/mol. The molecule has 0 bridgehead atoms. The Hall–Kier alpha value is -3.56. The molecule has 0 radical (unpaired) electrons. The van der Waals surface area contributed by atoms with Gasteiger partial charge in [-0.2, -0.15) is 0 Å². The minimum atomic E-state index is -1.11. The number of benzene rings is 3. The normalized spacial score (nSPS) is 22.7. The topological polar surface area (TPSA) is 89.5 Å². The Morgan fingerprint density at radius 2 is 1.05 bits per heavy atom. The number of rotatable bonds is 12. The van der Waals surface area contributed by atoms with Gasteiger partial charge in [-0.15, -0.1) is 0 Å². The van der Waals surface area contributed by atoms with E-state index in [1.807, 2.05) is 91.0 Å². The lowest BCUT2D eigenvalue weighted by Gasteiger charge is -2.45. The Morgan fingerprint density at radius 3 is 1.49 bits per heavy atom. The number of esters is 2. The molecule has 8 heteroatoms. The van der Waals surface area contributed by atoms with Crippen LogP contribution in [0.4, 0.5) is 0 Å². The first-order valence-corrected chi connectivity index (χ1v) is 12.9. The maximum absolute atomic E-state index is 12.1. The number of hydrogen-bond donors (Lipinski definition) is 0. The zero-order chi connectivity index (χ0) is 27.5. The van der Waals surface area contributed by atoms with E-state index in [9.17, 15) is 9.59 Å². The first-order valence-electron chi connectivity index (χ1n) is 12.9. The predicted octanol–water partition coefficient (Wildman–Crippen LogP) is 4.59. The van der Waals surface area contributed by atoms with E-state index in [4.69, 9.17) is 28.4 Å². The number of hydrogen-bond acceptors (Lipinski definition) is 8. The highest BCUT2D eigenvalue weighted by Gasteiger charge is 2.50. The fourth-order valence-electron chi connectivity index (χ4n) is 4.34. The van der Waals surface area contributed by atoms with E-state index >= 15 is 0 Å². The van der Waals surface area contributed by atoms with Crippen LogP contribution in [0.3, 0.4) is 0 Å². The van der Waals surface area contributed by atoms with Gasteiger partial charge < -0.3 is 28.4 Å². The summed E-state index contributed by atoms with van der Waals surface area (Å²) in [5, 5.41) is 0. The fourth-order valence-corrected chi connectivity index (χ4v) is 4.34. The smallest absolute Gasteiger partial charge is 0.305 e. The SMILES string of the molecule is CC(=O)OC[C@@H]1O[C@@H](OC(C)=O)[C@H](OCc2ccccc2)[C@@H](OCc2ccccc2)[C@H]1OCc1ccccc1. The fraction of sp³-hybridized carbons (Fsp3) is 0.355. The van der Waals surface area contributed by atoms with E-state index in [-0.39, 0.29) is 26.4 Å². The van der Waals surface area contributed by atoms with Crippen LogP contribution in [0.5, 0.6) is 0 Å². The Morgan fingerprint density at radius 1 is 0.615 bits per heavy atom. The summed E-state index contributed by atoms with van der Waals surface area (Å²) in [5.41, 5.74) is 2.84. The van der Waals surface area contributed by atoms with Gasteiger partial charge in [0.1, 0.15) is 31.0 Å². The van der Waals surface area contributed by atoms with Crippen molar-refractivity contribution in [2.45, 2.75) is 64.4 Å². The second-order valence-electron chi connectivity index (χ2n) is 9.24. The lowest BCUT2D eigenvalue weighted by Crippen LogP contribution is -2.62. The number of carbonyl (C=O) groups excluding carboxylic acids is 2. The van der Waals surface area contributed by atoms with Gasteiger partial charge in [0.05, 0.1) is 19.8 Å². The van der Waals surface area contributed by atoms with E-state index in [2.05, 4.69) is 0 Å². The van der Waals surface area contributed by atoms with Crippen LogP contribution in [0.1, 0.15) is 30.5 Å². The lowest BCUT2D eigenvalue weighted by molar-refractivity contribution is -0.318. The minimum absolute atomic E-state index is 0.108. The van der Waals surface area contributed by atoms with Gasteiger partial charge in [-0.1, -0.05) is 91.0 Å². The largest absolute Gasteiger partial charge is 0.463 e. The third kappa shape index (κ3) is 8.73. The molecule has 0 spiro atoms. The molecule has 8 nitrogen and oxygen atoms in total. The van der Waals surface area contributed by atoms with Gasteiger partial charge in [0.2, 0.25) is 6.29 Å². The minimum Gasteiger partial charge on any atom is -0.463 e. The molecule has 0 amide bonds. The van der Waals surface area contributed by atoms with E-state index in [0.717, 1.165) is 16.7 Å². The first kappa shape index (κ1) is 28.4. The van der Waals surface area contributed by atoms with Gasteiger partial charge in [-0.25, -0.2) is 0 Å². The third-order valence-electron chi connectivity index (χ3n) is 6.18. The van der Waals surface area contributed by atoms with Crippen molar-refractivity contribution >= 4 is 11.9 Å². The molecule has 3 aromatic carbocycles. The van der Waals surface area contributed by atoms with Gasteiger partial charge in [-0.05, 0) is 16.7 Å². The van der Waals surface area contributed by atoms with E-state index in [1.54, 1.807) is 0 Å². The lowest BCUT2D eigenvalue weighted by atomic mass is 9.97. The first-order chi connectivity index (χ1) is 19.0. The summed E-state index contributed by atoms with van der Waals surface area (Å²) in [7, 11) is 0. The predicted molar refractivity (Wildman–Crippen MR) is 142 cm³/mol. The van der Waals surface area contributed by atoms with Gasteiger partial charge in [-0.3, -0.25) is 9.59 Å². The van der Waals surface area contributed by atoms with Crippen molar-refractivity contribution in [2.24, 2.45) is 0 Å². The summed E-state index contributed by atoms with van der Waals surface area (Å²) in [5.74, 6) is -1.00. The monoisotopic (exact) mass is 534 g/mol. The van der Waals surface area contributed by atoms with Crippen molar-refractivity contribution in [3.05, 3.63) is 108 Å². The van der Waals surface area contributed by atoms with Crippen LogP contribution in [0.2, 0.25) is 0 Å². The Kier molecular flexibility index (Phi) is 10.6. The molecule has 1 heterocycles. The maximum atomic E-state index is 12.1. The van der Waals surface area contributed by atoms with Crippen LogP contribution in [0.25, 0.3) is 0 Å². The molecular formula is C31H34O8. The molecule has 5 atom stereocenters. The van der Waals surface area contributed by atoms with Crippen molar-refractivity contribution in [1.82, 2.24) is 0 Å². The van der Waals surface area contributed by atoms with Crippen LogP contribution < -0.4 is 0 Å². The molecular weight excluding hydrogens is 500 g/mol. The standard InChI is InChI=1S/C31H34O8/c1-22(32)34-21-27-28(35-18-24-12-6-3-7-13-24)29(36-19-25-14-8-4-9-15-25)30(31(39-27)38-23(2)33)37-20-26-16-10-5-11-17-26/h3-17,27-31H,18-21H2,1-2H3/t27-,28-,29-,30+,31+/m0/s1.